The summed E-state index contributed by atoms with van der Waals surface area (Å²) < 4.78 is 0. The third-order valence-electron chi connectivity index (χ3n) is 4.19. The second-order valence-electron chi connectivity index (χ2n) is 5.14. The van der Waals surface area contributed by atoms with E-state index in [1.807, 2.05) is 0 Å². The molecule has 0 aromatic heterocycles. The molecule has 2 bridgehead atoms. The van der Waals surface area contributed by atoms with Crippen molar-refractivity contribution < 1.29 is 0 Å². The summed E-state index contributed by atoms with van der Waals surface area (Å²) in [5.41, 5.74) is 5.77. The average Bonchev–Trinajstić information content (AvgIpc) is 2.95. The van der Waals surface area contributed by atoms with Gasteiger partial charge in [-0.05, 0) is 51.0 Å². The minimum absolute atomic E-state index is 0.840. The van der Waals surface area contributed by atoms with Gasteiger partial charge in [-0.3, -0.25) is 4.90 Å². The van der Waals surface area contributed by atoms with Gasteiger partial charge in [-0.25, -0.2) is 0 Å². The monoisotopic (exact) mass is 180 g/mol. The fourth-order valence-electron chi connectivity index (χ4n) is 3.49. The molecular formula is C11H20N2. The van der Waals surface area contributed by atoms with Crippen LogP contribution in [0.5, 0.6) is 0 Å². The van der Waals surface area contributed by atoms with E-state index < -0.39 is 0 Å². The highest BCUT2D eigenvalue weighted by Crippen LogP contribution is 2.44. The number of rotatable bonds is 2. The fraction of sp³-hybridized carbons (Fsp3) is 1.00. The van der Waals surface area contributed by atoms with Crippen molar-refractivity contribution in [1.29, 1.82) is 0 Å². The maximum atomic E-state index is 5.77. The molecule has 1 unspecified atom stereocenters. The first-order valence-corrected chi connectivity index (χ1v) is 5.86. The molecule has 0 spiro atoms. The van der Waals surface area contributed by atoms with Crippen LogP contribution in [0.2, 0.25) is 0 Å². The van der Waals surface area contributed by atoms with Crippen molar-refractivity contribution in [3.63, 3.8) is 0 Å². The molecule has 3 fully saturated rings. The summed E-state index contributed by atoms with van der Waals surface area (Å²) in [6, 6.07) is 2.82. The van der Waals surface area contributed by atoms with Crippen LogP contribution in [-0.2, 0) is 0 Å². The summed E-state index contributed by atoms with van der Waals surface area (Å²) in [4.78, 5) is 2.84. The maximum Gasteiger partial charge on any atom is 0.0105 e. The van der Waals surface area contributed by atoms with Crippen LogP contribution >= 0.6 is 0 Å². The lowest BCUT2D eigenvalue weighted by atomic mass is 9.91. The summed E-state index contributed by atoms with van der Waals surface area (Å²) in [5, 5.41) is 0. The molecule has 2 nitrogen and oxygen atoms in total. The quantitative estimate of drug-likeness (QED) is 0.695. The van der Waals surface area contributed by atoms with Crippen LogP contribution in [0, 0.1) is 5.92 Å². The Morgan fingerprint density at radius 1 is 0.923 bits per heavy atom. The molecule has 2 aliphatic heterocycles. The summed E-state index contributed by atoms with van der Waals surface area (Å²) in [7, 11) is 0. The van der Waals surface area contributed by atoms with Gasteiger partial charge in [0.2, 0.25) is 0 Å². The summed E-state index contributed by atoms with van der Waals surface area (Å²) in [6.45, 7) is 0.922. The van der Waals surface area contributed by atoms with Crippen molar-refractivity contribution in [3.8, 4) is 0 Å². The predicted octanol–water partition coefficient (Wildman–Crippen LogP) is 1.35. The van der Waals surface area contributed by atoms with Crippen LogP contribution < -0.4 is 5.73 Å². The Bertz CT molecular complexity index is 186. The van der Waals surface area contributed by atoms with E-state index in [1.54, 1.807) is 0 Å². The Morgan fingerprint density at radius 3 is 1.92 bits per heavy atom. The van der Waals surface area contributed by atoms with E-state index in [9.17, 15) is 0 Å². The van der Waals surface area contributed by atoms with E-state index in [4.69, 9.17) is 5.73 Å². The van der Waals surface area contributed by atoms with Gasteiger partial charge in [0.15, 0.2) is 0 Å². The van der Waals surface area contributed by atoms with Crippen LogP contribution in [-0.4, -0.2) is 29.6 Å². The second-order valence-corrected chi connectivity index (χ2v) is 5.14. The Hall–Kier alpha value is -0.0800. The molecule has 1 aliphatic carbocycles. The predicted molar refractivity (Wildman–Crippen MR) is 53.4 cm³/mol. The third kappa shape index (κ3) is 1.31. The smallest absolute Gasteiger partial charge is 0.0105 e. The highest BCUT2D eigenvalue weighted by atomic mass is 15.3. The fourth-order valence-corrected chi connectivity index (χ4v) is 3.49. The molecule has 13 heavy (non-hydrogen) atoms. The van der Waals surface area contributed by atoms with Crippen molar-refractivity contribution in [2.24, 2.45) is 11.7 Å². The molecule has 3 aliphatic rings. The van der Waals surface area contributed by atoms with Crippen molar-refractivity contribution in [2.45, 2.75) is 56.7 Å². The van der Waals surface area contributed by atoms with Gasteiger partial charge in [-0.15, -0.1) is 0 Å². The topological polar surface area (TPSA) is 29.3 Å². The van der Waals surface area contributed by atoms with Crippen LogP contribution in [0.1, 0.15) is 38.5 Å². The molecule has 74 valence electrons. The molecular weight excluding hydrogens is 160 g/mol. The van der Waals surface area contributed by atoms with Gasteiger partial charge < -0.3 is 5.73 Å². The lowest BCUT2D eigenvalue weighted by Gasteiger charge is -2.38. The van der Waals surface area contributed by atoms with Gasteiger partial charge in [-0.1, -0.05) is 0 Å². The molecule has 0 aromatic rings. The highest BCUT2D eigenvalue weighted by Gasteiger charge is 2.46. The highest BCUT2D eigenvalue weighted by molar-refractivity contribution is 5.01. The summed E-state index contributed by atoms with van der Waals surface area (Å²) in [6.07, 6.45) is 8.64. The number of hydrogen-bond acceptors (Lipinski definition) is 2. The Morgan fingerprint density at radius 2 is 1.46 bits per heavy atom. The zero-order valence-electron chi connectivity index (χ0n) is 8.28. The van der Waals surface area contributed by atoms with Crippen LogP contribution in [0.4, 0.5) is 0 Å². The minimum Gasteiger partial charge on any atom is -0.330 e. The molecule has 1 saturated carbocycles. The maximum absolute atomic E-state index is 5.77. The van der Waals surface area contributed by atoms with E-state index in [1.165, 1.54) is 38.5 Å². The van der Waals surface area contributed by atoms with Crippen LogP contribution in [0.3, 0.4) is 0 Å². The molecule has 0 radical (unpaired) electrons. The number of nitrogens with zero attached hydrogens (tertiary/aromatic N) is 1. The first-order valence-electron chi connectivity index (χ1n) is 5.86. The van der Waals surface area contributed by atoms with Gasteiger partial charge in [0.25, 0.3) is 0 Å². The third-order valence-corrected chi connectivity index (χ3v) is 4.19. The standard InChI is InChI=1S/C11H20N2/c12-7-8-5-10-3-4-11(6-8)13(10)9-1-2-9/h8-11H,1-7,12H2/t8?,10-,11+. The van der Waals surface area contributed by atoms with Crippen molar-refractivity contribution in [1.82, 2.24) is 4.90 Å². The summed E-state index contributed by atoms with van der Waals surface area (Å²) in [5.74, 6) is 0.840. The molecule has 3 rings (SSSR count). The lowest BCUT2D eigenvalue weighted by Crippen LogP contribution is -2.45. The summed E-state index contributed by atoms with van der Waals surface area (Å²) >= 11 is 0. The first kappa shape index (κ1) is 8.25. The molecule has 3 atom stereocenters. The molecule has 0 aromatic carbocycles. The van der Waals surface area contributed by atoms with Crippen molar-refractivity contribution in [2.75, 3.05) is 6.54 Å². The minimum atomic E-state index is 0.840. The van der Waals surface area contributed by atoms with Gasteiger partial charge in [-0.2, -0.15) is 0 Å². The van der Waals surface area contributed by atoms with Crippen LogP contribution in [0.15, 0.2) is 0 Å². The molecule has 2 saturated heterocycles. The van der Waals surface area contributed by atoms with Crippen LogP contribution in [0.25, 0.3) is 0 Å². The van der Waals surface area contributed by atoms with Gasteiger partial charge >= 0.3 is 0 Å². The first-order chi connectivity index (χ1) is 6.38. The number of piperidine rings is 1. The second kappa shape index (κ2) is 2.96. The number of nitrogens with two attached hydrogens (primary N) is 1. The molecule has 2 heteroatoms. The lowest BCUT2D eigenvalue weighted by molar-refractivity contribution is 0.0983. The molecule has 2 N–H and O–H groups in total. The van der Waals surface area contributed by atoms with Gasteiger partial charge in [0, 0.05) is 18.1 Å². The van der Waals surface area contributed by atoms with E-state index in [2.05, 4.69) is 4.90 Å². The zero-order valence-corrected chi connectivity index (χ0v) is 8.28. The van der Waals surface area contributed by atoms with Crippen molar-refractivity contribution in [3.05, 3.63) is 0 Å². The molecule has 2 heterocycles. The average molecular weight is 180 g/mol. The van der Waals surface area contributed by atoms with Crippen molar-refractivity contribution >= 4 is 0 Å². The van der Waals surface area contributed by atoms with Gasteiger partial charge in [0.05, 0.1) is 0 Å². The molecule has 0 amide bonds. The van der Waals surface area contributed by atoms with E-state index in [-0.39, 0.29) is 0 Å². The normalized spacial score (nSPS) is 45.5. The SMILES string of the molecule is NCC1C[C@H]2CC[C@@H](C1)N2C1CC1. The van der Waals surface area contributed by atoms with E-state index >= 15 is 0 Å². The van der Waals surface area contributed by atoms with Gasteiger partial charge in [0.1, 0.15) is 0 Å². The Balaban J connectivity index is 1.73. The number of hydrogen-bond donors (Lipinski definition) is 1. The van der Waals surface area contributed by atoms with E-state index in [0.29, 0.717) is 0 Å². The largest absolute Gasteiger partial charge is 0.330 e. The number of fused-ring (bicyclic) bond motifs is 2. The zero-order chi connectivity index (χ0) is 8.84. The Kier molecular flexibility index (Phi) is 1.88. The Labute approximate surface area is 80.5 Å². The van der Waals surface area contributed by atoms with E-state index in [0.717, 1.165) is 30.6 Å².